The topological polar surface area (TPSA) is 59.1 Å². The summed E-state index contributed by atoms with van der Waals surface area (Å²) in [6, 6.07) is -0.249. The summed E-state index contributed by atoms with van der Waals surface area (Å²) in [7, 11) is 3.36. The molecule has 0 aromatic heterocycles. The lowest BCUT2D eigenvalue weighted by Gasteiger charge is -2.43. The van der Waals surface area contributed by atoms with Gasteiger partial charge in [-0.2, -0.15) is 0 Å². The Morgan fingerprint density at radius 2 is 1.85 bits per heavy atom. The SMILES string of the molecule is COC(=O)C1C2CCC(CN1C(=O)OC(C)(C)C)N2C. The maximum Gasteiger partial charge on any atom is 0.411 e. The average Bonchev–Trinajstić information content (AvgIpc) is 2.60. The molecule has 0 saturated carbocycles. The molecule has 2 bridgehead atoms. The van der Waals surface area contributed by atoms with E-state index in [1.807, 2.05) is 27.8 Å². The van der Waals surface area contributed by atoms with Crippen molar-refractivity contribution in [2.75, 3.05) is 20.7 Å². The van der Waals surface area contributed by atoms with E-state index < -0.39 is 17.7 Å². The van der Waals surface area contributed by atoms with E-state index in [4.69, 9.17) is 9.47 Å². The molecule has 6 nitrogen and oxygen atoms in total. The van der Waals surface area contributed by atoms with E-state index in [0.717, 1.165) is 12.8 Å². The Morgan fingerprint density at radius 3 is 2.40 bits per heavy atom. The molecule has 6 heteroatoms. The minimum absolute atomic E-state index is 0.0220. The number of hydrogen-bond acceptors (Lipinski definition) is 5. The fourth-order valence-corrected chi connectivity index (χ4v) is 3.10. The van der Waals surface area contributed by atoms with Gasteiger partial charge in [-0.3, -0.25) is 9.80 Å². The number of carbonyl (C=O) groups is 2. The number of esters is 1. The Morgan fingerprint density at radius 1 is 1.20 bits per heavy atom. The van der Waals surface area contributed by atoms with Crippen LogP contribution in [0.4, 0.5) is 4.79 Å². The van der Waals surface area contributed by atoms with Crippen LogP contribution in [0.3, 0.4) is 0 Å². The zero-order valence-corrected chi connectivity index (χ0v) is 12.9. The highest BCUT2D eigenvalue weighted by Gasteiger charge is 2.50. The first kappa shape index (κ1) is 15.1. The Kier molecular flexibility index (Phi) is 3.95. The molecule has 0 N–H and O–H groups in total. The minimum atomic E-state index is -0.571. The van der Waals surface area contributed by atoms with Crippen LogP contribution in [0.2, 0.25) is 0 Å². The molecule has 1 amide bonds. The molecule has 2 fully saturated rings. The van der Waals surface area contributed by atoms with Crippen LogP contribution >= 0.6 is 0 Å². The number of likely N-dealkylation sites (N-methyl/N-ethyl adjacent to an activating group) is 1. The van der Waals surface area contributed by atoms with Crippen LogP contribution in [0.15, 0.2) is 0 Å². The Hall–Kier alpha value is -1.30. The second kappa shape index (κ2) is 5.24. The summed E-state index contributed by atoms with van der Waals surface area (Å²) < 4.78 is 10.3. The Bertz CT molecular complexity index is 404. The van der Waals surface area contributed by atoms with Crippen LogP contribution in [0.1, 0.15) is 33.6 Å². The van der Waals surface area contributed by atoms with Crippen LogP contribution in [0.5, 0.6) is 0 Å². The Labute approximate surface area is 120 Å². The molecule has 2 saturated heterocycles. The summed E-state index contributed by atoms with van der Waals surface area (Å²) in [4.78, 5) is 28.2. The first-order chi connectivity index (χ1) is 9.24. The molecule has 0 radical (unpaired) electrons. The molecule has 20 heavy (non-hydrogen) atoms. The van der Waals surface area contributed by atoms with E-state index in [0.29, 0.717) is 12.6 Å². The predicted octanol–water partition coefficient (Wildman–Crippen LogP) is 1.24. The summed E-state index contributed by atoms with van der Waals surface area (Å²) in [5.74, 6) is -0.368. The first-order valence-corrected chi connectivity index (χ1v) is 7.04. The van der Waals surface area contributed by atoms with E-state index in [-0.39, 0.29) is 12.0 Å². The van der Waals surface area contributed by atoms with Gasteiger partial charge in [0.25, 0.3) is 0 Å². The van der Waals surface area contributed by atoms with Gasteiger partial charge >= 0.3 is 12.1 Å². The van der Waals surface area contributed by atoms with Gasteiger partial charge < -0.3 is 9.47 Å². The zero-order valence-electron chi connectivity index (χ0n) is 12.9. The monoisotopic (exact) mass is 284 g/mol. The average molecular weight is 284 g/mol. The van der Waals surface area contributed by atoms with Crippen molar-refractivity contribution in [1.29, 1.82) is 0 Å². The molecule has 2 rings (SSSR count). The van der Waals surface area contributed by atoms with Gasteiger partial charge in [-0.25, -0.2) is 9.59 Å². The fraction of sp³-hybridized carbons (Fsp3) is 0.857. The predicted molar refractivity (Wildman–Crippen MR) is 73.3 cm³/mol. The second-order valence-electron chi connectivity index (χ2n) is 6.56. The largest absolute Gasteiger partial charge is 0.467 e. The summed E-state index contributed by atoms with van der Waals surface area (Å²) in [6.45, 7) is 5.98. The molecule has 2 heterocycles. The van der Waals surface area contributed by atoms with Crippen molar-refractivity contribution in [2.24, 2.45) is 0 Å². The highest BCUT2D eigenvalue weighted by Crippen LogP contribution is 2.34. The molecule has 0 spiro atoms. The van der Waals surface area contributed by atoms with Crippen molar-refractivity contribution in [3.05, 3.63) is 0 Å². The molecule has 3 atom stereocenters. The quantitative estimate of drug-likeness (QED) is 0.678. The molecule has 0 aromatic rings. The number of carbonyl (C=O) groups excluding carboxylic acids is 2. The summed E-state index contributed by atoms with van der Waals surface area (Å²) in [5, 5.41) is 0. The molecule has 2 aliphatic rings. The molecular formula is C14H24N2O4. The zero-order chi connectivity index (χ0) is 15.1. The highest BCUT2D eigenvalue weighted by atomic mass is 16.6. The van der Waals surface area contributed by atoms with Crippen molar-refractivity contribution in [2.45, 2.75) is 57.3 Å². The van der Waals surface area contributed by atoms with Gasteiger partial charge in [0.1, 0.15) is 11.6 Å². The Balaban J connectivity index is 2.21. The number of rotatable bonds is 1. The van der Waals surface area contributed by atoms with E-state index in [1.165, 1.54) is 7.11 Å². The highest BCUT2D eigenvalue weighted by molar-refractivity contribution is 5.83. The van der Waals surface area contributed by atoms with Crippen molar-refractivity contribution in [1.82, 2.24) is 9.80 Å². The van der Waals surface area contributed by atoms with Crippen LogP contribution in [0.25, 0.3) is 0 Å². The lowest BCUT2D eigenvalue weighted by atomic mass is 10.0. The van der Waals surface area contributed by atoms with Crippen molar-refractivity contribution < 1.29 is 19.1 Å². The second-order valence-corrected chi connectivity index (χ2v) is 6.56. The summed E-state index contributed by atoms with van der Waals surface area (Å²) >= 11 is 0. The molecule has 0 aromatic carbocycles. The number of methoxy groups -OCH3 is 1. The third-order valence-electron chi connectivity index (χ3n) is 4.07. The minimum Gasteiger partial charge on any atom is -0.467 e. The fourth-order valence-electron chi connectivity index (χ4n) is 3.10. The number of hydrogen-bond donors (Lipinski definition) is 0. The summed E-state index contributed by atoms with van der Waals surface area (Å²) in [5.41, 5.74) is -0.569. The molecule has 114 valence electrons. The summed E-state index contributed by atoms with van der Waals surface area (Å²) in [6.07, 6.45) is 1.46. The van der Waals surface area contributed by atoms with Gasteiger partial charge in [-0.05, 0) is 40.7 Å². The number of ether oxygens (including phenoxy) is 2. The van der Waals surface area contributed by atoms with Gasteiger partial charge in [0.2, 0.25) is 0 Å². The number of likely N-dealkylation sites (tertiary alicyclic amines) is 1. The molecule has 2 aliphatic heterocycles. The van der Waals surface area contributed by atoms with Gasteiger partial charge in [0.15, 0.2) is 0 Å². The number of amides is 1. The molecule has 3 unspecified atom stereocenters. The van der Waals surface area contributed by atoms with Crippen LogP contribution < -0.4 is 0 Å². The van der Waals surface area contributed by atoms with E-state index in [2.05, 4.69) is 4.90 Å². The van der Waals surface area contributed by atoms with E-state index in [9.17, 15) is 9.59 Å². The van der Waals surface area contributed by atoms with Gasteiger partial charge in [-0.15, -0.1) is 0 Å². The first-order valence-electron chi connectivity index (χ1n) is 7.04. The molecule has 0 aliphatic carbocycles. The van der Waals surface area contributed by atoms with Crippen molar-refractivity contribution >= 4 is 12.1 Å². The third kappa shape index (κ3) is 2.75. The van der Waals surface area contributed by atoms with E-state index in [1.54, 1.807) is 4.90 Å². The van der Waals surface area contributed by atoms with Gasteiger partial charge in [0, 0.05) is 18.6 Å². The van der Waals surface area contributed by atoms with Crippen molar-refractivity contribution in [3.63, 3.8) is 0 Å². The van der Waals surface area contributed by atoms with Gasteiger partial charge in [0.05, 0.1) is 7.11 Å². The number of fused-ring (bicyclic) bond motifs is 2. The lowest BCUT2D eigenvalue weighted by molar-refractivity contribution is -0.151. The van der Waals surface area contributed by atoms with Crippen LogP contribution in [-0.2, 0) is 14.3 Å². The maximum absolute atomic E-state index is 12.3. The normalized spacial score (nSPS) is 30.2. The number of nitrogens with zero attached hydrogens (tertiary/aromatic N) is 2. The van der Waals surface area contributed by atoms with Gasteiger partial charge in [-0.1, -0.05) is 0 Å². The lowest BCUT2D eigenvalue weighted by Crippen LogP contribution is -2.63. The smallest absolute Gasteiger partial charge is 0.411 e. The van der Waals surface area contributed by atoms with Crippen molar-refractivity contribution in [3.8, 4) is 0 Å². The van der Waals surface area contributed by atoms with E-state index >= 15 is 0 Å². The molecular weight excluding hydrogens is 260 g/mol. The standard InChI is InChI=1S/C14H24N2O4/c1-14(2,3)20-13(18)16-8-9-6-7-10(15(9)4)11(16)12(17)19-5/h9-11H,6-8H2,1-5H3. The maximum atomic E-state index is 12.3. The third-order valence-corrected chi connectivity index (χ3v) is 4.07. The van der Waals surface area contributed by atoms with Crippen LogP contribution in [0, 0.1) is 0 Å². The number of piperazine rings is 1. The van der Waals surface area contributed by atoms with Crippen LogP contribution in [-0.4, -0.2) is 66.3 Å².